The molecule has 0 N–H and O–H groups in total. The number of azo groups is 1. The molecule has 0 amide bonds. The molecule has 0 saturated carbocycles. The van der Waals surface area contributed by atoms with Crippen molar-refractivity contribution in [2.45, 2.75) is 6.04 Å². The van der Waals surface area contributed by atoms with Gasteiger partial charge < -0.3 is 0 Å². The van der Waals surface area contributed by atoms with Crippen molar-refractivity contribution < 1.29 is 0 Å². The first-order valence-corrected chi connectivity index (χ1v) is 6.15. The largest absolute Gasteiger partial charge is 0.197 e. The van der Waals surface area contributed by atoms with Gasteiger partial charge in [-0.3, -0.25) is 0 Å². The lowest BCUT2D eigenvalue weighted by atomic mass is 9.96. The number of nitrogens with zero attached hydrogens (tertiary/aromatic N) is 4. The first-order valence-electron chi connectivity index (χ1n) is 6.15. The van der Waals surface area contributed by atoms with Crippen LogP contribution in [0, 0.1) is 28.6 Å². The van der Waals surface area contributed by atoms with Crippen molar-refractivity contribution in [3.8, 4) is 12.1 Å². The summed E-state index contributed by atoms with van der Waals surface area (Å²) in [4.78, 5) is 0. The zero-order chi connectivity index (χ0) is 14.2. The summed E-state index contributed by atoms with van der Waals surface area (Å²) in [7, 11) is 0. The van der Waals surface area contributed by atoms with Crippen molar-refractivity contribution >= 4 is 5.69 Å². The quantitative estimate of drug-likeness (QED) is 0.773. The first kappa shape index (κ1) is 13.5. The van der Waals surface area contributed by atoms with Crippen LogP contribution in [0.4, 0.5) is 5.69 Å². The third kappa shape index (κ3) is 3.28. The maximum Gasteiger partial charge on any atom is 0.161 e. The lowest BCUT2D eigenvalue weighted by molar-refractivity contribution is 0.612. The van der Waals surface area contributed by atoms with Gasteiger partial charge in [0, 0.05) is 0 Å². The molecule has 0 radical (unpaired) electrons. The second-order valence-corrected chi connectivity index (χ2v) is 4.14. The van der Waals surface area contributed by atoms with Crippen LogP contribution in [0.3, 0.4) is 0 Å². The Morgan fingerprint density at radius 2 is 1.35 bits per heavy atom. The summed E-state index contributed by atoms with van der Waals surface area (Å²) in [6.45, 7) is 0. The fourth-order valence-electron chi connectivity index (χ4n) is 1.77. The molecule has 0 fully saturated rings. The molecule has 0 aromatic heterocycles. The van der Waals surface area contributed by atoms with E-state index in [4.69, 9.17) is 10.5 Å². The van der Waals surface area contributed by atoms with E-state index in [0.29, 0.717) is 5.69 Å². The number of benzene rings is 2. The highest BCUT2D eigenvalue weighted by Crippen LogP contribution is 2.27. The smallest absolute Gasteiger partial charge is 0.161 e. The second-order valence-electron chi connectivity index (χ2n) is 4.14. The van der Waals surface area contributed by atoms with E-state index in [1.807, 2.05) is 72.8 Å². The third-order valence-electron chi connectivity index (χ3n) is 2.79. The predicted molar refractivity (Wildman–Crippen MR) is 74.9 cm³/mol. The van der Waals surface area contributed by atoms with Crippen LogP contribution in [0.25, 0.3) is 0 Å². The Morgan fingerprint density at radius 3 is 1.90 bits per heavy atom. The van der Waals surface area contributed by atoms with Crippen LogP contribution in [0.15, 0.2) is 70.9 Å². The lowest BCUT2D eigenvalue weighted by Crippen LogP contribution is -2.06. The molecule has 4 heteroatoms. The molecule has 0 spiro atoms. The third-order valence-corrected chi connectivity index (χ3v) is 2.79. The summed E-state index contributed by atoms with van der Waals surface area (Å²) < 4.78 is 0. The van der Waals surface area contributed by atoms with E-state index >= 15 is 0 Å². The number of rotatable bonds is 4. The van der Waals surface area contributed by atoms with Gasteiger partial charge in [0.15, 0.2) is 5.92 Å². The minimum atomic E-state index is -0.857. The van der Waals surface area contributed by atoms with Gasteiger partial charge in [-0.05, 0) is 17.7 Å². The maximum absolute atomic E-state index is 9.08. The van der Waals surface area contributed by atoms with Crippen molar-refractivity contribution in [2.24, 2.45) is 16.1 Å². The molecule has 20 heavy (non-hydrogen) atoms. The van der Waals surface area contributed by atoms with Gasteiger partial charge in [0.05, 0.1) is 17.8 Å². The van der Waals surface area contributed by atoms with Crippen LogP contribution in [-0.2, 0) is 0 Å². The first-order chi connectivity index (χ1) is 9.85. The molecule has 4 nitrogen and oxygen atoms in total. The van der Waals surface area contributed by atoms with Crippen molar-refractivity contribution in [3.63, 3.8) is 0 Å². The van der Waals surface area contributed by atoms with Gasteiger partial charge in [0.1, 0.15) is 6.04 Å². The topological polar surface area (TPSA) is 72.3 Å². The van der Waals surface area contributed by atoms with Crippen LogP contribution in [0.2, 0.25) is 0 Å². The minimum absolute atomic E-state index is 0.577. The van der Waals surface area contributed by atoms with E-state index in [-0.39, 0.29) is 0 Å². The number of nitriles is 2. The molecule has 0 heterocycles. The van der Waals surface area contributed by atoms with Gasteiger partial charge in [-0.25, -0.2) is 0 Å². The Morgan fingerprint density at radius 1 is 0.800 bits per heavy atom. The summed E-state index contributed by atoms with van der Waals surface area (Å²) in [6, 6.07) is 21.9. The van der Waals surface area contributed by atoms with Gasteiger partial charge in [0.2, 0.25) is 0 Å². The minimum Gasteiger partial charge on any atom is -0.197 e. The molecule has 96 valence electrons. The molecule has 0 aliphatic rings. The Hall–Kier alpha value is -2.98. The zero-order valence-electron chi connectivity index (χ0n) is 10.7. The monoisotopic (exact) mass is 260 g/mol. The van der Waals surface area contributed by atoms with Crippen LogP contribution in [-0.4, -0.2) is 0 Å². The average molecular weight is 260 g/mol. The molecule has 1 atom stereocenters. The van der Waals surface area contributed by atoms with Crippen molar-refractivity contribution in [1.29, 1.82) is 10.5 Å². The molecule has 1 unspecified atom stereocenters. The van der Waals surface area contributed by atoms with Gasteiger partial charge in [0.25, 0.3) is 0 Å². The molecule has 2 aromatic carbocycles. The summed E-state index contributed by atoms with van der Waals surface area (Å²) >= 11 is 0. The number of hydrogen-bond donors (Lipinski definition) is 0. The number of hydrogen-bond acceptors (Lipinski definition) is 4. The summed E-state index contributed by atoms with van der Waals surface area (Å²) in [5, 5.41) is 26.5. The molecule has 0 aliphatic heterocycles. The normalized spacial score (nSPS) is 11.9. The molecule has 0 bridgehead atoms. The van der Waals surface area contributed by atoms with Crippen LogP contribution < -0.4 is 0 Å². The fraction of sp³-hybridized carbons (Fsp3) is 0.125. The van der Waals surface area contributed by atoms with E-state index in [1.165, 1.54) is 0 Å². The molecular formula is C16H12N4. The molecule has 0 saturated heterocycles. The van der Waals surface area contributed by atoms with Gasteiger partial charge in [-0.1, -0.05) is 48.5 Å². The predicted octanol–water partition coefficient (Wildman–Crippen LogP) is 4.17. The van der Waals surface area contributed by atoms with E-state index in [9.17, 15) is 0 Å². The highest BCUT2D eigenvalue weighted by Gasteiger charge is 2.22. The van der Waals surface area contributed by atoms with E-state index in [0.717, 1.165) is 5.56 Å². The Bertz CT molecular complexity index is 636. The van der Waals surface area contributed by atoms with Gasteiger partial charge in [-0.2, -0.15) is 20.8 Å². The Kier molecular flexibility index (Phi) is 4.59. The second kappa shape index (κ2) is 6.82. The molecule has 2 aromatic rings. The molecule has 0 aliphatic carbocycles. The summed E-state index contributed by atoms with van der Waals surface area (Å²) in [5.74, 6) is -0.857. The average Bonchev–Trinajstić information content (AvgIpc) is 2.53. The van der Waals surface area contributed by atoms with Crippen molar-refractivity contribution in [1.82, 2.24) is 0 Å². The highest BCUT2D eigenvalue weighted by molar-refractivity contribution is 5.35. The summed E-state index contributed by atoms with van der Waals surface area (Å²) in [5.41, 5.74) is 1.50. The molecule has 2 rings (SSSR count). The van der Waals surface area contributed by atoms with E-state index < -0.39 is 12.0 Å². The summed E-state index contributed by atoms with van der Waals surface area (Å²) in [6.07, 6.45) is 0. The van der Waals surface area contributed by atoms with Crippen LogP contribution in [0.1, 0.15) is 11.6 Å². The maximum atomic E-state index is 9.08. The van der Waals surface area contributed by atoms with Crippen molar-refractivity contribution in [3.05, 3.63) is 66.2 Å². The van der Waals surface area contributed by atoms with Crippen LogP contribution >= 0.6 is 0 Å². The van der Waals surface area contributed by atoms with Crippen LogP contribution in [0.5, 0.6) is 0 Å². The van der Waals surface area contributed by atoms with Crippen molar-refractivity contribution in [2.75, 3.05) is 0 Å². The standard InChI is InChI=1S/C16H12N4/c17-11-14(12-18)16(13-7-3-1-4-8-13)20-19-15-9-5-2-6-10-15/h1-10,14,16H. The lowest BCUT2D eigenvalue weighted by Gasteiger charge is -2.11. The SMILES string of the molecule is N#CC(C#N)C(N=Nc1ccccc1)c1ccccc1. The van der Waals surface area contributed by atoms with E-state index in [2.05, 4.69) is 10.2 Å². The Balaban J connectivity index is 2.32. The Labute approximate surface area is 117 Å². The highest BCUT2D eigenvalue weighted by atomic mass is 15.1. The van der Waals surface area contributed by atoms with E-state index in [1.54, 1.807) is 0 Å². The zero-order valence-corrected chi connectivity index (χ0v) is 10.7. The van der Waals surface area contributed by atoms with Gasteiger partial charge in [-0.15, -0.1) is 0 Å². The fourth-order valence-corrected chi connectivity index (χ4v) is 1.77. The molecular weight excluding hydrogens is 248 g/mol. The van der Waals surface area contributed by atoms with Gasteiger partial charge >= 0.3 is 0 Å².